The van der Waals surface area contributed by atoms with E-state index in [4.69, 9.17) is 12.2 Å². The van der Waals surface area contributed by atoms with Crippen molar-refractivity contribution < 1.29 is 0 Å². The second kappa shape index (κ2) is 7.75. The van der Waals surface area contributed by atoms with Gasteiger partial charge in [0.05, 0.1) is 0 Å². The zero-order valence-electron chi connectivity index (χ0n) is 12.6. The number of rotatable bonds is 5. The molecule has 2 heteroatoms. The predicted molar refractivity (Wildman–Crippen MR) is 94.2 cm³/mol. The molecule has 0 fully saturated rings. The van der Waals surface area contributed by atoms with E-state index in [2.05, 4.69) is 73.4 Å². The monoisotopic (exact) mass is 295 g/mol. The molecule has 0 aromatic heterocycles. The number of benzene rings is 2. The zero-order valence-corrected chi connectivity index (χ0v) is 13.4. The summed E-state index contributed by atoms with van der Waals surface area (Å²) in [5.41, 5.74) is 3.78. The van der Waals surface area contributed by atoms with Crippen molar-refractivity contribution in [1.82, 2.24) is 4.90 Å². The average molecular weight is 295 g/mol. The van der Waals surface area contributed by atoms with Crippen LogP contribution in [0.25, 0.3) is 0 Å². The van der Waals surface area contributed by atoms with Gasteiger partial charge in [-0.2, -0.15) is 0 Å². The Balaban J connectivity index is 2.18. The lowest BCUT2D eigenvalue weighted by Gasteiger charge is -2.24. The molecule has 0 unspecified atom stereocenters. The Morgan fingerprint density at radius 1 is 0.857 bits per heavy atom. The van der Waals surface area contributed by atoms with E-state index < -0.39 is 0 Å². The molecule has 21 heavy (non-hydrogen) atoms. The smallest absolute Gasteiger partial charge is 0.102 e. The summed E-state index contributed by atoms with van der Waals surface area (Å²) >= 11 is 5.60. The molecule has 0 aliphatic heterocycles. The van der Waals surface area contributed by atoms with Gasteiger partial charge in [0.15, 0.2) is 0 Å². The standard InChI is InChI=1S/C19H21NS/c1-16(2)13-19(21)20(14-17-9-5-3-6-10-17)15-18-11-7-4-8-12-18/h3-13H,14-15H2,1-2H3. The Bertz CT molecular complexity index is 556. The first-order valence-corrected chi connectivity index (χ1v) is 7.57. The fraction of sp³-hybridized carbons (Fsp3) is 0.211. The Labute approximate surface area is 132 Å². The van der Waals surface area contributed by atoms with E-state index in [1.165, 1.54) is 16.7 Å². The lowest BCUT2D eigenvalue weighted by molar-refractivity contribution is 0.415. The van der Waals surface area contributed by atoms with Crippen LogP contribution in [0.1, 0.15) is 25.0 Å². The highest BCUT2D eigenvalue weighted by molar-refractivity contribution is 7.80. The molecule has 0 aliphatic carbocycles. The maximum atomic E-state index is 5.60. The average Bonchev–Trinajstić information content (AvgIpc) is 2.48. The fourth-order valence-corrected chi connectivity index (χ4v) is 2.52. The van der Waals surface area contributed by atoms with Gasteiger partial charge in [-0.25, -0.2) is 0 Å². The van der Waals surface area contributed by atoms with Crippen LogP contribution in [0.2, 0.25) is 0 Å². The van der Waals surface area contributed by atoms with Crippen molar-refractivity contribution in [3.63, 3.8) is 0 Å². The summed E-state index contributed by atoms with van der Waals surface area (Å²) in [5, 5.41) is 0. The first-order chi connectivity index (χ1) is 10.1. The molecule has 0 saturated heterocycles. The molecule has 0 radical (unpaired) electrons. The molecular weight excluding hydrogens is 274 g/mol. The quantitative estimate of drug-likeness (QED) is 0.565. The molecular formula is C19H21NS. The maximum Gasteiger partial charge on any atom is 0.102 e. The third-order valence-corrected chi connectivity index (χ3v) is 3.53. The normalized spacial score (nSPS) is 10.0. The molecule has 0 N–H and O–H groups in total. The Morgan fingerprint density at radius 2 is 1.29 bits per heavy atom. The van der Waals surface area contributed by atoms with Gasteiger partial charge in [-0.05, 0) is 31.1 Å². The molecule has 2 aromatic carbocycles. The van der Waals surface area contributed by atoms with Gasteiger partial charge < -0.3 is 4.90 Å². The van der Waals surface area contributed by atoms with Gasteiger partial charge in [0.2, 0.25) is 0 Å². The largest absolute Gasteiger partial charge is 0.354 e. The summed E-state index contributed by atoms with van der Waals surface area (Å²) in [7, 11) is 0. The summed E-state index contributed by atoms with van der Waals surface area (Å²) in [5.74, 6) is 0. The number of thiocarbonyl (C=S) groups is 1. The highest BCUT2D eigenvalue weighted by Crippen LogP contribution is 2.12. The van der Waals surface area contributed by atoms with Crippen molar-refractivity contribution in [2.24, 2.45) is 0 Å². The fourth-order valence-electron chi connectivity index (χ4n) is 2.16. The van der Waals surface area contributed by atoms with Crippen LogP contribution in [-0.4, -0.2) is 9.89 Å². The minimum Gasteiger partial charge on any atom is -0.354 e. The molecule has 108 valence electrons. The lowest BCUT2D eigenvalue weighted by atomic mass is 10.1. The van der Waals surface area contributed by atoms with Gasteiger partial charge in [0.1, 0.15) is 4.99 Å². The lowest BCUT2D eigenvalue weighted by Crippen LogP contribution is -2.27. The Kier molecular flexibility index (Phi) is 5.70. The van der Waals surface area contributed by atoms with Gasteiger partial charge in [-0.3, -0.25) is 0 Å². The number of nitrogens with zero attached hydrogens (tertiary/aromatic N) is 1. The van der Waals surface area contributed by atoms with E-state index in [1.807, 2.05) is 12.1 Å². The minimum absolute atomic E-state index is 0.832. The Morgan fingerprint density at radius 3 is 1.67 bits per heavy atom. The van der Waals surface area contributed by atoms with E-state index in [-0.39, 0.29) is 0 Å². The first-order valence-electron chi connectivity index (χ1n) is 7.17. The molecule has 0 spiro atoms. The maximum absolute atomic E-state index is 5.60. The van der Waals surface area contributed by atoms with Crippen molar-refractivity contribution >= 4 is 17.2 Å². The van der Waals surface area contributed by atoms with Crippen LogP contribution in [0, 0.1) is 0 Å². The van der Waals surface area contributed by atoms with Crippen molar-refractivity contribution in [3.8, 4) is 0 Å². The van der Waals surface area contributed by atoms with E-state index >= 15 is 0 Å². The number of hydrogen-bond donors (Lipinski definition) is 0. The van der Waals surface area contributed by atoms with Crippen LogP contribution < -0.4 is 0 Å². The van der Waals surface area contributed by atoms with Crippen LogP contribution in [0.3, 0.4) is 0 Å². The van der Waals surface area contributed by atoms with Crippen LogP contribution in [-0.2, 0) is 13.1 Å². The van der Waals surface area contributed by atoms with Gasteiger partial charge in [0, 0.05) is 13.1 Å². The van der Waals surface area contributed by atoms with Crippen molar-refractivity contribution in [3.05, 3.63) is 83.4 Å². The van der Waals surface area contributed by atoms with Gasteiger partial charge >= 0.3 is 0 Å². The second-order valence-electron chi connectivity index (χ2n) is 5.39. The predicted octanol–water partition coefficient (Wildman–Crippen LogP) is 4.98. The van der Waals surface area contributed by atoms with Crippen molar-refractivity contribution in [2.75, 3.05) is 0 Å². The molecule has 1 nitrogen and oxygen atoms in total. The summed E-state index contributed by atoms with van der Waals surface area (Å²) in [6.45, 7) is 5.82. The molecule has 0 saturated carbocycles. The molecule has 0 atom stereocenters. The van der Waals surface area contributed by atoms with E-state index in [1.54, 1.807) is 0 Å². The highest BCUT2D eigenvalue weighted by atomic mass is 32.1. The van der Waals surface area contributed by atoms with Crippen LogP contribution >= 0.6 is 12.2 Å². The van der Waals surface area contributed by atoms with Gasteiger partial charge in [0.25, 0.3) is 0 Å². The third-order valence-electron chi connectivity index (χ3n) is 3.16. The first kappa shape index (κ1) is 15.5. The SMILES string of the molecule is CC(C)=CC(=S)N(Cc1ccccc1)Cc1ccccc1. The molecule has 0 heterocycles. The zero-order chi connectivity index (χ0) is 15.1. The van der Waals surface area contributed by atoms with Crippen LogP contribution in [0.15, 0.2) is 72.3 Å². The van der Waals surface area contributed by atoms with Gasteiger partial charge in [-0.15, -0.1) is 0 Å². The van der Waals surface area contributed by atoms with E-state index in [0.717, 1.165) is 18.1 Å². The molecule has 0 aliphatic rings. The minimum atomic E-state index is 0.832. The molecule has 0 bridgehead atoms. The summed E-state index contributed by atoms with van der Waals surface area (Å²) in [6, 6.07) is 20.9. The van der Waals surface area contributed by atoms with Gasteiger partial charge in [-0.1, -0.05) is 78.5 Å². The van der Waals surface area contributed by atoms with Crippen LogP contribution in [0.5, 0.6) is 0 Å². The van der Waals surface area contributed by atoms with E-state index in [9.17, 15) is 0 Å². The summed E-state index contributed by atoms with van der Waals surface area (Å²) in [6.07, 6.45) is 2.07. The van der Waals surface area contributed by atoms with Crippen LogP contribution in [0.4, 0.5) is 0 Å². The number of hydrogen-bond acceptors (Lipinski definition) is 1. The topological polar surface area (TPSA) is 3.24 Å². The molecule has 0 amide bonds. The Hall–Kier alpha value is -1.93. The summed E-state index contributed by atoms with van der Waals surface area (Å²) in [4.78, 5) is 3.13. The van der Waals surface area contributed by atoms with Crippen molar-refractivity contribution in [2.45, 2.75) is 26.9 Å². The summed E-state index contributed by atoms with van der Waals surface area (Å²) < 4.78 is 0. The van der Waals surface area contributed by atoms with E-state index in [0.29, 0.717) is 0 Å². The molecule has 2 rings (SSSR count). The third kappa shape index (κ3) is 5.16. The highest BCUT2D eigenvalue weighted by Gasteiger charge is 2.09. The number of allylic oxidation sites excluding steroid dienone is 1. The molecule has 2 aromatic rings. The van der Waals surface area contributed by atoms with Crippen molar-refractivity contribution in [1.29, 1.82) is 0 Å². The second-order valence-corrected chi connectivity index (χ2v) is 5.81.